The van der Waals surface area contributed by atoms with E-state index in [2.05, 4.69) is 12.2 Å². The van der Waals surface area contributed by atoms with Gasteiger partial charge >= 0.3 is 0 Å². The lowest BCUT2D eigenvalue weighted by Gasteiger charge is -2.28. The fourth-order valence-electron chi connectivity index (χ4n) is 5.04. The molecule has 1 aromatic heterocycles. The number of nitrogens with one attached hydrogen (secondary N) is 1. The van der Waals surface area contributed by atoms with Crippen LogP contribution in [0.25, 0.3) is 0 Å². The maximum Gasteiger partial charge on any atom is 0.287 e. The molecule has 2 aliphatic rings. The Bertz CT molecular complexity index is 805. The van der Waals surface area contributed by atoms with Gasteiger partial charge in [0.1, 0.15) is 18.1 Å². The summed E-state index contributed by atoms with van der Waals surface area (Å²) in [5.74, 6) is 4.09. The third-order valence-corrected chi connectivity index (χ3v) is 6.45. The fourth-order valence-corrected chi connectivity index (χ4v) is 5.04. The van der Waals surface area contributed by atoms with Crippen molar-refractivity contribution in [3.8, 4) is 5.75 Å². The standard InChI is InChI=1S/C23H29NO3/c1-14-5-4-6-15(2)22(14)26-13-19-9-10-21(27-19)23(25)24-16(3)20-12-17-7-8-18(20)11-17/h4-6,9-10,16-18,20H,7-8,11-13H2,1-3H3,(H,24,25). The fraction of sp³-hybridized carbons (Fsp3) is 0.522. The highest BCUT2D eigenvalue weighted by Crippen LogP contribution is 2.49. The van der Waals surface area contributed by atoms with Gasteiger partial charge in [0.25, 0.3) is 5.91 Å². The van der Waals surface area contributed by atoms with Crippen LogP contribution in [0.2, 0.25) is 0 Å². The lowest BCUT2D eigenvalue weighted by atomic mass is 9.84. The Morgan fingerprint density at radius 3 is 2.63 bits per heavy atom. The zero-order chi connectivity index (χ0) is 19.0. The van der Waals surface area contributed by atoms with Crippen molar-refractivity contribution in [1.29, 1.82) is 0 Å². The Morgan fingerprint density at radius 1 is 1.19 bits per heavy atom. The average molecular weight is 367 g/mol. The van der Waals surface area contributed by atoms with Crippen molar-refractivity contribution in [2.45, 2.75) is 59.1 Å². The van der Waals surface area contributed by atoms with Crippen LogP contribution in [0.4, 0.5) is 0 Å². The predicted molar refractivity (Wildman–Crippen MR) is 105 cm³/mol. The Labute approximate surface area is 161 Å². The molecule has 2 aliphatic carbocycles. The van der Waals surface area contributed by atoms with Crippen molar-refractivity contribution in [3.63, 3.8) is 0 Å². The summed E-state index contributed by atoms with van der Waals surface area (Å²) in [7, 11) is 0. The zero-order valence-electron chi connectivity index (χ0n) is 16.5. The molecule has 0 aliphatic heterocycles. The monoisotopic (exact) mass is 367 g/mol. The molecule has 2 aromatic rings. The van der Waals surface area contributed by atoms with Gasteiger partial charge in [0.2, 0.25) is 0 Å². The van der Waals surface area contributed by atoms with Crippen LogP contribution in [-0.2, 0) is 6.61 Å². The van der Waals surface area contributed by atoms with Crippen molar-refractivity contribution >= 4 is 5.91 Å². The van der Waals surface area contributed by atoms with Crippen molar-refractivity contribution in [2.24, 2.45) is 17.8 Å². The number of carbonyl (C=O) groups is 1. The van der Waals surface area contributed by atoms with E-state index in [1.807, 2.05) is 38.1 Å². The second-order valence-electron chi connectivity index (χ2n) is 8.38. The number of hydrogen-bond acceptors (Lipinski definition) is 3. The van der Waals surface area contributed by atoms with Gasteiger partial charge in [-0.2, -0.15) is 0 Å². The number of aryl methyl sites for hydroxylation is 2. The number of benzene rings is 1. The van der Waals surface area contributed by atoms with E-state index in [1.54, 1.807) is 6.07 Å². The van der Waals surface area contributed by atoms with E-state index in [-0.39, 0.29) is 11.9 Å². The molecule has 2 saturated carbocycles. The van der Waals surface area contributed by atoms with Crippen LogP contribution in [-0.4, -0.2) is 11.9 Å². The summed E-state index contributed by atoms with van der Waals surface area (Å²) >= 11 is 0. The van der Waals surface area contributed by atoms with Crippen molar-refractivity contribution in [3.05, 3.63) is 53.0 Å². The molecule has 1 heterocycles. The number of carbonyl (C=O) groups excluding carboxylic acids is 1. The maximum absolute atomic E-state index is 12.6. The van der Waals surface area contributed by atoms with Crippen LogP contribution in [0.3, 0.4) is 0 Å². The quantitative estimate of drug-likeness (QED) is 0.779. The summed E-state index contributed by atoms with van der Waals surface area (Å²) in [4.78, 5) is 12.6. The summed E-state index contributed by atoms with van der Waals surface area (Å²) < 4.78 is 11.7. The van der Waals surface area contributed by atoms with Gasteiger partial charge in [-0.25, -0.2) is 0 Å². The summed E-state index contributed by atoms with van der Waals surface area (Å²) in [5, 5.41) is 3.15. The molecule has 4 atom stereocenters. The molecule has 0 radical (unpaired) electrons. The van der Waals surface area contributed by atoms with Gasteiger partial charge < -0.3 is 14.5 Å². The molecule has 4 heteroatoms. The first-order valence-corrected chi connectivity index (χ1v) is 10.1. The van der Waals surface area contributed by atoms with Crippen LogP contribution in [0.1, 0.15) is 60.0 Å². The summed E-state index contributed by atoms with van der Waals surface area (Å²) in [5.41, 5.74) is 2.19. The average Bonchev–Trinajstić information content (AvgIpc) is 3.38. The van der Waals surface area contributed by atoms with E-state index in [9.17, 15) is 4.79 Å². The molecule has 4 rings (SSSR count). The molecule has 2 fully saturated rings. The van der Waals surface area contributed by atoms with E-state index in [0.717, 1.165) is 28.7 Å². The number of para-hydroxylation sites is 1. The minimum Gasteiger partial charge on any atom is -0.485 e. The number of ether oxygens (including phenoxy) is 1. The van der Waals surface area contributed by atoms with Gasteiger partial charge in [-0.1, -0.05) is 24.6 Å². The van der Waals surface area contributed by atoms with Crippen LogP contribution >= 0.6 is 0 Å². The number of fused-ring (bicyclic) bond motifs is 2. The summed E-state index contributed by atoms with van der Waals surface area (Å²) in [6.07, 6.45) is 5.32. The molecule has 4 nitrogen and oxygen atoms in total. The van der Waals surface area contributed by atoms with E-state index in [1.165, 1.54) is 25.7 Å². The smallest absolute Gasteiger partial charge is 0.287 e. The van der Waals surface area contributed by atoms with Crippen molar-refractivity contribution < 1.29 is 13.9 Å². The summed E-state index contributed by atoms with van der Waals surface area (Å²) in [6.45, 7) is 6.51. The van der Waals surface area contributed by atoms with Gasteiger partial charge in [-0.3, -0.25) is 4.79 Å². The highest BCUT2D eigenvalue weighted by atomic mass is 16.5. The molecule has 1 aromatic carbocycles. The maximum atomic E-state index is 12.6. The predicted octanol–water partition coefficient (Wildman–Crippen LogP) is 5.03. The highest BCUT2D eigenvalue weighted by molar-refractivity contribution is 5.91. The molecule has 2 bridgehead atoms. The third kappa shape index (κ3) is 3.76. The molecule has 4 unspecified atom stereocenters. The number of amides is 1. The molecule has 0 spiro atoms. The normalized spacial score (nSPS) is 24.8. The molecule has 27 heavy (non-hydrogen) atoms. The Morgan fingerprint density at radius 2 is 1.96 bits per heavy atom. The lowest BCUT2D eigenvalue weighted by Crippen LogP contribution is -2.40. The third-order valence-electron chi connectivity index (χ3n) is 6.45. The van der Waals surface area contributed by atoms with Crippen LogP contribution in [0.5, 0.6) is 5.75 Å². The second kappa shape index (κ2) is 7.41. The van der Waals surface area contributed by atoms with E-state index >= 15 is 0 Å². The highest BCUT2D eigenvalue weighted by Gasteiger charge is 2.42. The summed E-state index contributed by atoms with van der Waals surface area (Å²) in [6, 6.07) is 9.84. The Balaban J connectivity index is 1.34. The number of furan rings is 1. The molecule has 1 amide bonds. The van der Waals surface area contributed by atoms with E-state index < -0.39 is 0 Å². The van der Waals surface area contributed by atoms with Crippen molar-refractivity contribution in [2.75, 3.05) is 0 Å². The van der Waals surface area contributed by atoms with E-state index in [4.69, 9.17) is 9.15 Å². The van der Waals surface area contributed by atoms with Gasteiger partial charge in [-0.05, 0) is 81.0 Å². The molecule has 1 N–H and O–H groups in total. The van der Waals surface area contributed by atoms with Gasteiger partial charge in [-0.15, -0.1) is 0 Å². The van der Waals surface area contributed by atoms with Crippen LogP contribution in [0.15, 0.2) is 34.7 Å². The first-order valence-electron chi connectivity index (χ1n) is 10.1. The topological polar surface area (TPSA) is 51.5 Å². The lowest BCUT2D eigenvalue weighted by molar-refractivity contribution is 0.0883. The Hall–Kier alpha value is -2.23. The van der Waals surface area contributed by atoms with Gasteiger partial charge in [0.15, 0.2) is 5.76 Å². The van der Waals surface area contributed by atoms with E-state index in [0.29, 0.717) is 24.0 Å². The van der Waals surface area contributed by atoms with Crippen molar-refractivity contribution in [1.82, 2.24) is 5.32 Å². The van der Waals surface area contributed by atoms with Gasteiger partial charge in [0, 0.05) is 6.04 Å². The minimum atomic E-state index is -0.122. The molecular formula is C23H29NO3. The Kier molecular flexibility index (Phi) is 4.98. The number of rotatable bonds is 6. The number of hydrogen-bond donors (Lipinski definition) is 1. The molecular weight excluding hydrogens is 338 g/mol. The molecule has 0 saturated heterocycles. The zero-order valence-corrected chi connectivity index (χ0v) is 16.5. The first-order chi connectivity index (χ1) is 13.0. The first kappa shape index (κ1) is 18.1. The minimum absolute atomic E-state index is 0.122. The van der Waals surface area contributed by atoms with Crippen LogP contribution < -0.4 is 10.1 Å². The molecule has 144 valence electrons. The van der Waals surface area contributed by atoms with Gasteiger partial charge in [0.05, 0.1) is 0 Å². The SMILES string of the molecule is Cc1cccc(C)c1OCc1ccc(C(=O)NC(C)C2CC3CCC2C3)o1. The second-order valence-corrected chi connectivity index (χ2v) is 8.38. The largest absolute Gasteiger partial charge is 0.485 e. The van der Waals surface area contributed by atoms with Crippen LogP contribution in [0, 0.1) is 31.6 Å².